The van der Waals surface area contributed by atoms with Crippen LogP contribution in [0.2, 0.25) is 0 Å². The molecule has 1 aliphatic heterocycles. The molecule has 3 rings (SSSR count). The van der Waals surface area contributed by atoms with E-state index in [1.54, 1.807) is 0 Å². The van der Waals surface area contributed by atoms with Gasteiger partial charge in [0.15, 0.2) is 0 Å². The molecular formula is C18H28N2O. The van der Waals surface area contributed by atoms with Crippen LogP contribution >= 0.6 is 0 Å². The van der Waals surface area contributed by atoms with Crippen LogP contribution in [0.25, 0.3) is 0 Å². The fourth-order valence-electron chi connectivity index (χ4n) is 4.08. The van der Waals surface area contributed by atoms with Crippen molar-refractivity contribution in [3.8, 4) is 5.75 Å². The normalized spacial score (nSPS) is 24.4. The van der Waals surface area contributed by atoms with E-state index in [1.165, 1.54) is 37.7 Å². The Kier molecular flexibility index (Phi) is 4.51. The second kappa shape index (κ2) is 6.37. The smallest absolute Gasteiger partial charge is 0.122 e. The van der Waals surface area contributed by atoms with Gasteiger partial charge < -0.3 is 10.5 Å². The maximum Gasteiger partial charge on any atom is 0.122 e. The largest absolute Gasteiger partial charge is 0.493 e. The number of nitrogens with two attached hydrogens (primary N) is 1. The van der Waals surface area contributed by atoms with Crippen molar-refractivity contribution in [2.45, 2.75) is 50.0 Å². The predicted molar refractivity (Wildman–Crippen MR) is 86.8 cm³/mol. The third kappa shape index (κ3) is 2.95. The van der Waals surface area contributed by atoms with Gasteiger partial charge in [0.05, 0.1) is 6.61 Å². The molecular weight excluding hydrogens is 260 g/mol. The molecule has 0 radical (unpaired) electrons. The minimum absolute atomic E-state index is 0.228. The Balaban J connectivity index is 1.74. The van der Waals surface area contributed by atoms with E-state index in [0.29, 0.717) is 5.92 Å². The summed E-state index contributed by atoms with van der Waals surface area (Å²) >= 11 is 0. The summed E-state index contributed by atoms with van der Waals surface area (Å²) in [6, 6.07) is 8.51. The Morgan fingerprint density at radius 1 is 1.24 bits per heavy atom. The maximum absolute atomic E-state index is 6.17. The van der Waals surface area contributed by atoms with Crippen molar-refractivity contribution in [2.75, 3.05) is 26.7 Å². The van der Waals surface area contributed by atoms with Crippen LogP contribution in [0.3, 0.4) is 0 Å². The van der Waals surface area contributed by atoms with Gasteiger partial charge in [0.2, 0.25) is 0 Å². The number of likely N-dealkylation sites (N-methyl/N-ethyl adjacent to an activating group) is 1. The second-order valence-electron chi connectivity index (χ2n) is 6.74. The van der Waals surface area contributed by atoms with E-state index < -0.39 is 0 Å². The van der Waals surface area contributed by atoms with Crippen molar-refractivity contribution in [3.63, 3.8) is 0 Å². The van der Waals surface area contributed by atoms with Gasteiger partial charge in [-0.2, -0.15) is 0 Å². The molecule has 0 saturated heterocycles. The molecule has 1 aromatic carbocycles. The minimum Gasteiger partial charge on any atom is -0.493 e. The Bertz CT molecular complexity index is 468. The van der Waals surface area contributed by atoms with Crippen LogP contribution in [0.4, 0.5) is 0 Å². The van der Waals surface area contributed by atoms with Gasteiger partial charge >= 0.3 is 0 Å². The fraction of sp³-hybridized carbons (Fsp3) is 0.667. The summed E-state index contributed by atoms with van der Waals surface area (Å²) in [5.74, 6) is 1.65. The SMILES string of the molecule is CN(CC1CCOc2ccccc21)C1(CN)CCCCC1. The predicted octanol–water partition coefficient (Wildman–Crippen LogP) is 3.15. The molecule has 0 amide bonds. The van der Waals surface area contributed by atoms with Crippen LogP contribution in [0.1, 0.15) is 50.0 Å². The zero-order valence-electron chi connectivity index (χ0n) is 13.2. The summed E-state index contributed by atoms with van der Waals surface area (Å²) in [7, 11) is 2.27. The summed E-state index contributed by atoms with van der Waals surface area (Å²) in [5, 5.41) is 0. The lowest BCUT2D eigenvalue weighted by Crippen LogP contribution is -2.54. The monoisotopic (exact) mass is 288 g/mol. The van der Waals surface area contributed by atoms with Gasteiger partial charge in [0, 0.05) is 24.5 Å². The zero-order valence-corrected chi connectivity index (χ0v) is 13.2. The fourth-order valence-corrected chi connectivity index (χ4v) is 4.08. The summed E-state index contributed by atoms with van der Waals surface area (Å²) in [5.41, 5.74) is 7.77. The summed E-state index contributed by atoms with van der Waals surface area (Å²) in [6.07, 6.45) is 7.64. The first-order valence-corrected chi connectivity index (χ1v) is 8.38. The van der Waals surface area contributed by atoms with E-state index in [9.17, 15) is 0 Å². The molecule has 116 valence electrons. The van der Waals surface area contributed by atoms with Crippen LogP contribution in [-0.4, -0.2) is 37.2 Å². The van der Waals surface area contributed by atoms with Crippen molar-refractivity contribution in [1.29, 1.82) is 0 Å². The molecule has 21 heavy (non-hydrogen) atoms. The van der Waals surface area contributed by atoms with Gasteiger partial charge in [-0.05, 0) is 37.9 Å². The van der Waals surface area contributed by atoms with Gasteiger partial charge in [0.25, 0.3) is 0 Å². The highest BCUT2D eigenvalue weighted by atomic mass is 16.5. The molecule has 3 heteroatoms. The quantitative estimate of drug-likeness (QED) is 0.925. The number of para-hydroxylation sites is 1. The number of nitrogens with zero attached hydrogens (tertiary/aromatic N) is 1. The first-order valence-electron chi connectivity index (χ1n) is 8.38. The first kappa shape index (κ1) is 14.9. The first-order chi connectivity index (χ1) is 10.2. The number of fused-ring (bicyclic) bond motifs is 1. The number of rotatable bonds is 4. The van der Waals surface area contributed by atoms with E-state index in [2.05, 4.69) is 36.2 Å². The molecule has 0 spiro atoms. The third-order valence-electron chi connectivity index (χ3n) is 5.55. The third-order valence-corrected chi connectivity index (χ3v) is 5.55. The summed E-state index contributed by atoms with van der Waals surface area (Å²) in [4.78, 5) is 2.55. The lowest BCUT2D eigenvalue weighted by atomic mass is 9.79. The lowest BCUT2D eigenvalue weighted by Gasteiger charge is -2.45. The lowest BCUT2D eigenvalue weighted by molar-refractivity contribution is 0.0714. The molecule has 1 fully saturated rings. The van der Waals surface area contributed by atoms with Crippen LogP contribution < -0.4 is 10.5 Å². The zero-order chi connectivity index (χ0) is 14.7. The Morgan fingerprint density at radius 2 is 2.00 bits per heavy atom. The molecule has 3 nitrogen and oxygen atoms in total. The molecule has 1 unspecified atom stereocenters. The summed E-state index contributed by atoms with van der Waals surface area (Å²) in [6.45, 7) is 2.72. The highest BCUT2D eigenvalue weighted by molar-refractivity contribution is 5.38. The average molecular weight is 288 g/mol. The standard InChI is InChI=1S/C18H28N2O/c1-20(18(14-19)10-5-2-6-11-18)13-15-9-12-21-17-8-4-3-7-16(15)17/h3-4,7-8,15H,2,5-6,9-14,19H2,1H3. The van der Waals surface area contributed by atoms with E-state index in [0.717, 1.165) is 31.9 Å². The van der Waals surface area contributed by atoms with E-state index >= 15 is 0 Å². The number of benzene rings is 1. The Hall–Kier alpha value is -1.06. The summed E-state index contributed by atoms with van der Waals surface area (Å²) < 4.78 is 5.79. The van der Waals surface area contributed by atoms with Crippen LogP contribution in [0, 0.1) is 0 Å². The van der Waals surface area contributed by atoms with Crippen LogP contribution in [0.5, 0.6) is 5.75 Å². The highest BCUT2D eigenvalue weighted by Crippen LogP contribution is 2.37. The Labute approximate surface area is 128 Å². The molecule has 1 aromatic rings. The molecule has 0 bridgehead atoms. The van der Waals surface area contributed by atoms with Crippen LogP contribution in [-0.2, 0) is 0 Å². The van der Waals surface area contributed by atoms with Crippen molar-refractivity contribution in [1.82, 2.24) is 4.90 Å². The van der Waals surface area contributed by atoms with Gasteiger partial charge in [0.1, 0.15) is 5.75 Å². The highest BCUT2D eigenvalue weighted by Gasteiger charge is 2.36. The van der Waals surface area contributed by atoms with E-state index in [1.807, 2.05) is 0 Å². The second-order valence-corrected chi connectivity index (χ2v) is 6.74. The van der Waals surface area contributed by atoms with Crippen LogP contribution in [0.15, 0.2) is 24.3 Å². The van der Waals surface area contributed by atoms with Crippen molar-refractivity contribution >= 4 is 0 Å². The van der Waals surface area contributed by atoms with Gasteiger partial charge in [-0.15, -0.1) is 0 Å². The van der Waals surface area contributed by atoms with Gasteiger partial charge in [-0.3, -0.25) is 4.90 Å². The van der Waals surface area contributed by atoms with Crippen molar-refractivity contribution in [3.05, 3.63) is 29.8 Å². The molecule has 1 heterocycles. The van der Waals surface area contributed by atoms with E-state index in [4.69, 9.17) is 10.5 Å². The minimum atomic E-state index is 0.228. The molecule has 0 aromatic heterocycles. The van der Waals surface area contributed by atoms with Crippen molar-refractivity contribution in [2.24, 2.45) is 5.73 Å². The molecule has 1 aliphatic carbocycles. The maximum atomic E-state index is 6.17. The average Bonchev–Trinajstić information content (AvgIpc) is 2.56. The topological polar surface area (TPSA) is 38.5 Å². The van der Waals surface area contributed by atoms with Crippen molar-refractivity contribution < 1.29 is 4.74 Å². The Morgan fingerprint density at radius 3 is 2.76 bits per heavy atom. The van der Waals surface area contributed by atoms with E-state index in [-0.39, 0.29) is 5.54 Å². The molecule has 2 N–H and O–H groups in total. The van der Waals surface area contributed by atoms with Gasteiger partial charge in [-0.25, -0.2) is 0 Å². The van der Waals surface area contributed by atoms with Gasteiger partial charge in [-0.1, -0.05) is 37.5 Å². The molecule has 1 saturated carbocycles. The number of ether oxygens (including phenoxy) is 1. The molecule has 2 aliphatic rings. The molecule has 1 atom stereocenters. The number of hydrogen-bond donors (Lipinski definition) is 1. The number of hydrogen-bond acceptors (Lipinski definition) is 3.